The van der Waals surface area contributed by atoms with Crippen molar-refractivity contribution in [2.75, 3.05) is 23.4 Å². The van der Waals surface area contributed by atoms with Crippen LogP contribution in [0.2, 0.25) is 0 Å². The van der Waals surface area contributed by atoms with Gasteiger partial charge in [0.15, 0.2) is 10.9 Å². The second-order valence-corrected chi connectivity index (χ2v) is 9.85. The third-order valence-corrected chi connectivity index (χ3v) is 6.69. The van der Waals surface area contributed by atoms with Gasteiger partial charge in [-0.2, -0.15) is 0 Å². The summed E-state index contributed by atoms with van der Waals surface area (Å²) in [5.74, 6) is 0.835. The number of ether oxygens (including phenoxy) is 2. The fraction of sp³-hybridized carbons (Fsp3) is 0.179. The molecule has 2 amide bonds. The van der Waals surface area contributed by atoms with Crippen LogP contribution in [0.25, 0.3) is 6.08 Å². The molecule has 3 aromatic carbocycles. The van der Waals surface area contributed by atoms with Crippen LogP contribution in [0.4, 0.5) is 11.4 Å². The van der Waals surface area contributed by atoms with Gasteiger partial charge in [0.2, 0.25) is 0 Å². The Bertz CT molecular complexity index is 1340. The van der Waals surface area contributed by atoms with Crippen molar-refractivity contribution in [1.29, 1.82) is 0 Å². The van der Waals surface area contributed by atoms with E-state index in [9.17, 15) is 9.59 Å². The van der Waals surface area contributed by atoms with Gasteiger partial charge in [-0.3, -0.25) is 14.5 Å². The summed E-state index contributed by atoms with van der Waals surface area (Å²) in [5.41, 5.74) is 4.29. The van der Waals surface area contributed by atoms with Crippen molar-refractivity contribution < 1.29 is 19.1 Å². The highest BCUT2D eigenvalue weighted by Gasteiger charge is 2.33. The maximum atomic E-state index is 13.1. The minimum Gasteiger partial charge on any atom is -0.494 e. The topological polar surface area (TPSA) is 67.9 Å². The van der Waals surface area contributed by atoms with Crippen LogP contribution in [0.5, 0.6) is 11.5 Å². The van der Waals surface area contributed by atoms with E-state index in [2.05, 4.69) is 5.32 Å². The Morgan fingerprint density at radius 1 is 1.03 bits per heavy atom. The number of hydrogen-bond acceptors (Lipinski definition) is 6. The van der Waals surface area contributed by atoms with Gasteiger partial charge < -0.3 is 14.8 Å². The molecule has 1 fully saturated rings. The predicted octanol–water partition coefficient (Wildman–Crippen LogP) is 6.13. The number of hydrogen-bond donors (Lipinski definition) is 1. The minimum atomic E-state index is -0.245. The van der Waals surface area contributed by atoms with Crippen LogP contribution >= 0.6 is 24.0 Å². The van der Waals surface area contributed by atoms with E-state index in [0.717, 1.165) is 28.1 Å². The zero-order valence-corrected chi connectivity index (χ0v) is 21.9. The molecular formula is C28H26N2O4S2. The molecule has 4 rings (SSSR count). The Morgan fingerprint density at radius 3 is 2.56 bits per heavy atom. The first-order valence-electron chi connectivity index (χ1n) is 11.4. The van der Waals surface area contributed by atoms with E-state index in [0.29, 0.717) is 27.3 Å². The SMILES string of the molecule is CCOc1ccc(N2C(=O)/C(=C/c3cccc(OCC(=O)Nc4cc(C)ccc4C)c3)SC2=S)cc1. The van der Waals surface area contributed by atoms with Gasteiger partial charge in [-0.15, -0.1) is 0 Å². The number of carbonyl (C=O) groups is 2. The molecule has 0 spiro atoms. The number of anilines is 2. The lowest BCUT2D eigenvalue weighted by Crippen LogP contribution is -2.27. The summed E-state index contributed by atoms with van der Waals surface area (Å²) in [5, 5.41) is 2.88. The summed E-state index contributed by atoms with van der Waals surface area (Å²) in [4.78, 5) is 27.5. The van der Waals surface area contributed by atoms with Crippen LogP contribution < -0.4 is 19.7 Å². The first-order chi connectivity index (χ1) is 17.3. The zero-order valence-electron chi connectivity index (χ0n) is 20.2. The largest absolute Gasteiger partial charge is 0.494 e. The molecule has 1 aliphatic heterocycles. The van der Waals surface area contributed by atoms with Gasteiger partial charge in [0.05, 0.1) is 17.2 Å². The second kappa shape index (κ2) is 11.4. The molecule has 1 aliphatic rings. The molecule has 3 aromatic rings. The van der Waals surface area contributed by atoms with Crippen LogP contribution in [-0.4, -0.2) is 29.3 Å². The smallest absolute Gasteiger partial charge is 0.270 e. The Kier molecular flexibility index (Phi) is 8.07. The van der Waals surface area contributed by atoms with Crippen LogP contribution in [0, 0.1) is 13.8 Å². The summed E-state index contributed by atoms with van der Waals surface area (Å²) in [6, 6.07) is 20.4. The number of nitrogens with one attached hydrogen (secondary N) is 1. The van der Waals surface area contributed by atoms with E-state index in [4.69, 9.17) is 21.7 Å². The Labute approximate surface area is 220 Å². The zero-order chi connectivity index (χ0) is 25.7. The van der Waals surface area contributed by atoms with Crippen molar-refractivity contribution in [2.24, 2.45) is 0 Å². The van der Waals surface area contributed by atoms with Gasteiger partial charge in [-0.1, -0.05) is 48.2 Å². The molecule has 0 unspecified atom stereocenters. The number of rotatable bonds is 8. The summed E-state index contributed by atoms with van der Waals surface area (Å²) in [6.07, 6.45) is 1.77. The summed E-state index contributed by atoms with van der Waals surface area (Å²) in [6.45, 7) is 6.28. The molecule has 0 atom stereocenters. The third-order valence-electron chi connectivity index (χ3n) is 5.39. The molecule has 0 aliphatic carbocycles. The molecule has 0 saturated carbocycles. The number of thiocarbonyl (C=S) groups is 1. The van der Waals surface area contributed by atoms with Gasteiger partial charge in [0.1, 0.15) is 11.5 Å². The number of amides is 2. The van der Waals surface area contributed by atoms with E-state index in [1.807, 2.05) is 75.4 Å². The fourth-order valence-electron chi connectivity index (χ4n) is 3.60. The normalized spacial score (nSPS) is 14.3. The fourth-order valence-corrected chi connectivity index (χ4v) is 4.90. The molecule has 0 bridgehead atoms. The highest BCUT2D eigenvalue weighted by molar-refractivity contribution is 8.27. The first kappa shape index (κ1) is 25.5. The average Bonchev–Trinajstić information content (AvgIpc) is 3.13. The average molecular weight is 519 g/mol. The Hall–Kier alpha value is -3.62. The molecule has 1 saturated heterocycles. The summed E-state index contributed by atoms with van der Waals surface area (Å²) in [7, 11) is 0. The third kappa shape index (κ3) is 6.13. The van der Waals surface area contributed by atoms with Crippen molar-refractivity contribution in [2.45, 2.75) is 20.8 Å². The van der Waals surface area contributed by atoms with E-state index >= 15 is 0 Å². The van der Waals surface area contributed by atoms with Crippen molar-refractivity contribution in [3.8, 4) is 11.5 Å². The summed E-state index contributed by atoms with van der Waals surface area (Å²) >= 11 is 6.72. The number of benzene rings is 3. The van der Waals surface area contributed by atoms with Crippen LogP contribution in [0.1, 0.15) is 23.6 Å². The van der Waals surface area contributed by atoms with Gasteiger partial charge in [-0.25, -0.2) is 0 Å². The number of aryl methyl sites for hydroxylation is 2. The van der Waals surface area contributed by atoms with Crippen molar-refractivity contribution >= 4 is 57.6 Å². The van der Waals surface area contributed by atoms with Crippen LogP contribution in [0.15, 0.2) is 71.6 Å². The quantitative estimate of drug-likeness (QED) is 0.286. The standard InChI is InChI=1S/C28H26N2O4S2/c1-4-33-22-12-10-21(11-13-22)30-27(32)25(36-28(30)35)16-20-6-5-7-23(15-20)34-17-26(31)29-24-14-18(2)8-9-19(24)3/h5-16H,4,17H2,1-3H3,(H,29,31)/b25-16-. The molecule has 1 N–H and O–H groups in total. The highest BCUT2D eigenvalue weighted by atomic mass is 32.2. The number of thioether (sulfide) groups is 1. The predicted molar refractivity (Wildman–Crippen MR) is 150 cm³/mol. The van der Waals surface area contributed by atoms with Crippen molar-refractivity contribution in [3.63, 3.8) is 0 Å². The van der Waals surface area contributed by atoms with E-state index < -0.39 is 0 Å². The van der Waals surface area contributed by atoms with E-state index in [-0.39, 0.29) is 18.4 Å². The highest BCUT2D eigenvalue weighted by Crippen LogP contribution is 2.36. The molecule has 1 heterocycles. The molecule has 184 valence electrons. The molecule has 0 aromatic heterocycles. The lowest BCUT2D eigenvalue weighted by molar-refractivity contribution is -0.118. The van der Waals surface area contributed by atoms with E-state index in [1.54, 1.807) is 18.2 Å². The number of carbonyl (C=O) groups excluding carboxylic acids is 2. The lowest BCUT2D eigenvalue weighted by Gasteiger charge is -2.15. The molecule has 6 nitrogen and oxygen atoms in total. The monoisotopic (exact) mass is 518 g/mol. The van der Waals surface area contributed by atoms with E-state index in [1.165, 1.54) is 16.7 Å². The second-order valence-electron chi connectivity index (χ2n) is 8.17. The first-order valence-corrected chi connectivity index (χ1v) is 12.7. The maximum Gasteiger partial charge on any atom is 0.270 e. The van der Waals surface area contributed by atoms with Gasteiger partial charge in [0, 0.05) is 5.69 Å². The van der Waals surface area contributed by atoms with Crippen molar-refractivity contribution in [1.82, 2.24) is 0 Å². The molecule has 0 radical (unpaired) electrons. The summed E-state index contributed by atoms with van der Waals surface area (Å²) < 4.78 is 11.6. The molecule has 36 heavy (non-hydrogen) atoms. The number of nitrogens with zero attached hydrogens (tertiary/aromatic N) is 1. The Balaban J connectivity index is 1.41. The molecule has 8 heteroatoms. The van der Waals surface area contributed by atoms with Crippen molar-refractivity contribution in [3.05, 3.63) is 88.3 Å². The van der Waals surface area contributed by atoms with Gasteiger partial charge >= 0.3 is 0 Å². The van der Waals surface area contributed by atoms with Crippen LogP contribution in [-0.2, 0) is 9.59 Å². The van der Waals surface area contributed by atoms with Crippen LogP contribution in [0.3, 0.4) is 0 Å². The maximum absolute atomic E-state index is 13.1. The Morgan fingerprint density at radius 2 is 1.81 bits per heavy atom. The minimum absolute atomic E-state index is 0.128. The lowest BCUT2D eigenvalue weighted by atomic mass is 10.1. The molecular weight excluding hydrogens is 492 g/mol. The van der Waals surface area contributed by atoms with Gasteiger partial charge in [-0.05, 0) is 86.0 Å². The van der Waals surface area contributed by atoms with Gasteiger partial charge in [0.25, 0.3) is 11.8 Å².